The Morgan fingerprint density at radius 3 is 2.58 bits per heavy atom. The van der Waals surface area contributed by atoms with Crippen LogP contribution in [0.15, 0.2) is 11.6 Å². The Morgan fingerprint density at radius 1 is 1.21 bits per heavy atom. The van der Waals surface area contributed by atoms with Gasteiger partial charge in [-0.15, -0.1) is 0 Å². The van der Waals surface area contributed by atoms with Gasteiger partial charge in [0.1, 0.15) is 23.4 Å². The molecule has 0 aromatic carbocycles. The molecule has 1 amide bonds. The third kappa shape index (κ3) is 4.71. The van der Waals surface area contributed by atoms with E-state index < -0.39 is 0 Å². The fourth-order valence-corrected chi connectivity index (χ4v) is 6.55. The molecule has 0 aromatic heterocycles. The van der Waals surface area contributed by atoms with Crippen LogP contribution in [0.3, 0.4) is 0 Å². The van der Waals surface area contributed by atoms with Crippen molar-refractivity contribution in [1.29, 1.82) is 0 Å². The summed E-state index contributed by atoms with van der Waals surface area (Å²) in [7, 11) is 1.73. The molecule has 0 bridgehead atoms. The normalized spacial score (nSPS) is 40.5. The number of carbonyl (C=O) groups excluding carboxylic acids is 1. The zero-order chi connectivity index (χ0) is 23.2. The minimum Gasteiger partial charge on any atom is -0.443 e. The van der Waals surface area contributed by atoms with Gasteiger partial charge < -0.3 is 28.7 Å². The van der Waals surface area contributed by atoms with Crippen molar-refractivity contribution in [2.45, 2.75) is 88.8 Å². The van der Waals surface area contributed by atoms with E-state index >= 15 is 0 Å². The van der Waals surface area contributed by atoms with Gasteiger partial charge in [-0.1, -0.05) is 11.6 Å². The number of allylic oxidation sites excluding steroid dienone is 1. The highest BCUT2D eigenvalue weighted by Gasteiger charge is 2.72. The Bertz CT molecular complexity index is 752. The first-order valence-electron chi connectivity index (χ1n) is 13.0. The first kappa shape index (κ1) is 23.6. The molecule has 4 saturated heterocycles. The first-order chi connectivity index (χ1) is 15.8. The summed E-state index contributed by atoms with van der Waals surface area (Å²) in [5.41, 5.74) is 0.818. The van der Waals surface area contributed by atoms with Crippen LogP contribution in [0.5, 0.6) is 0 Å². The first-order valence-corrected chi connectivity index (χ1v) is 13.0. The SMILES string of the molecule is COC1C(OC(=O)N2CC(CCN3CCCC3)C2)CCC2(CO2)C1[C@@]1(C)O[C@@H]1CC=C(C)C. The van der Waals surface area contributed by atoms with E-state index in [2.05, 4.69) is 31.7 Å². The molecule has 7 nitrogen and oxygen atoms in total. The smallest absolute Gasteiger partial charge is 0.410 e. The zero-order valence-corrected chi connectivity index (χ0v) is 20.9. The third-order valence-corrected chi connectivity index (χ3v) is 8.76. The lowest BCUT2D eigenvalue weighted by molar-refractivity contribution is -0.124. The van der Waals surface area contributed by atoms with E-state index in [1.54, 1.807) is 7.11 Å². The van der Waals surface area contributed by atoms with Crippen LogP contribution >= 0.6 is 0 Å². The van der Waals surface area contributed by atoms with Crippen LogP contribution < -0.4 is 0 Å². The molecule has 1 saturated carbocycles. The Kier molecular flexibility index (Phi) is 6.53. The summed E-state index contributed by atoms with van der Waals surface area (Å²) in [5, 5.41) is 0. The molecule has 5 fully saturated rings. The number of amides is 1. The second-order valence-electron chi connectivity index (χ2n) is 11.4. The molecule has 4 unspecified atom stereocenters. The Hall–Kier alpha value is -1.15. The number of hydrogen-bond acceptors (Lipinski definition) is 6. The molecule has 5 aliphatic rings. The Labute approximate surface area is 198 Å². The fourth-order valence-electron chi connectivity index (χ4n) is 6.55. The number of nitrogens with zero attached hydrogens (tertiary/aromatic N) is 2. The summed E-state index contributed by atoms with van der Waals surface area (Å²) >= 11 is 0. The lowest BCUT2D eigenvalue weighted by Crippen LogP contribution is -2.57. The van der Waals surface area contributed by atoms with Crippen molar-refractivity contribution in [2.24, 2.45) is 11.8 Å². The van der Waals surface area contributed by atoms with Gasteiger partial charge in [0.2, 0.25) is 0 Å². The van der Waals surface area contributed by atoms with E-state index in [1.807, 2.05) is 4.90 Å². The number of carbonyl (C=O) groups is 1. The van der Waals surface area contributed by atoms with Crippen LogP contribution in [0.4, 0.5) is 4.79 Å². The van der Waals surface area contributed by atoms with Crippen LogP contribution in [0, 0.1) is 11.8 Å². The molecule has 6 atom stereocenters. The standard InChI is InChI=1S/C26H42N2O5/c1-18(2)7-8-21-25(3,33-21)23-22(30-4)20(9-11-26(23)17-31-26)32-24(29)28-15-19(16-28)10-14-27-12-5-6-13-27/h7,19-23H,5-6,8-17H2,1-4H3/t20?,21-,22?,23?,25+,26?/m1/s1. The highest BCUT2D eigenvalue weighted by Crippen LogP contribution is 2.59. The van der Waals surface area contributed by atoms with Crippen molar-refractivity contribution < 1.29 is 23.7 Å². The number of rotatable bonds is 8. The summed E-state index contributed by atoms with van der Waals surface area (Å²) in [6.07, 6.45) is 8.17. The van der Waals surface area contributed by atoms with Crippen molar-refractivity contribution >= 4 is 6.09 Å². The molecule has 5 rings (SSSR count). The summed E-state index contributed by atoms with van der Waals surface area (Å²) in [6, 6.07) is 0. The second kappa shape index (κ2) is 9.14. The fraction of sp³-hybridized carbons (Fsp3) is 0.885. The predicted octanol–water partition coefficient (Wildman–Crippen LogP) is 3.62. The number of epoxide rings is 2. The third-order valence-electron chi connectivity index (χ3n) is 8.76. The van der Waals surface area contributed by atoms with Crippen molar-refractivity contribution in [3.05, 3.63) is 11.6 Å². The summed E-state index contributed by atoms with van der Waals surface area (Å²) in [5.74, 6) is 0.676. The minimum absolute atomic E-state index is 0.0710. The molecule has 0 N–H and O–H groups in total. The van der Waals surface area contributed by atoms with E-state index in [4.69, 9.17) is 18.9 Å². The van der Waals surface area contributed by atoms with Crippen molar-refractivity contribution in [3.63, 3.8) is 0 Å². The van der Waals surface area contributed by atoms with Crippen LogP contribution in [0.2, 0.25) is 0 Å². The van der Waals surface area contributed by atoms with Gasteiger partial charge >= 0.3 is 6.09 Å². The Morgan fingerprint density at radius 2 is 1.94 bits per heavy atom. The van der Waals surface area contributed by atoms with Crippen molar-refractivity contribution in [1.82, 2.24) is 9.80 Å². The Balaban J connectivity index is 1.16. The van der Waals surface area contributed by atoms with E-state index in [1.165, 1.54) is 37.9 Å². The largest absolute Gasteiger partial charge is 0.443 e. The van der Waals surface area contributed by atoms with Gasteiger partial charge in [0, 0.05) is 20.2 Å². The van der Waals surface area contributed by atoms with Crippen LogP contribution in [0.1, 0.15) is 59.3 Å². The van der Waals surface area contributed by atoms with E-state index in [0.29, 0.717) is 5.92 Å². The lowest BCUT2D eigenvalue weighted by Gasteiger charge is -2.44. The highest BCUT2D eigenvalue weighted by atomic mass is 16.6. The van der Waals surface area contributed by atoms with Gasteiger partial charge in [-0.2, -0.15) is 0 Å². The van der Waals surface area contributed by atoms with E-state index in [-0.39, 0.29) is 41.5 Å². The molecule has 33 heavy (non-hydrogen) atoms. The lowest BCUT2D eigenvalue weighted by atomic mass is 9.68. The molecular weight excluding hydrogens is 420 g/mol. The molecule has 4 heterocycles. The summed E-state index contributed by atoms with van der Waals surface area (Å²) in [4.78, 5) is 17.3. The van der Waals surface area contributed by atoms with E-state index in [9.17, 15) is 4.79 Å². The molecule has 186 valence electrons. The number of ether oxygens (including phenoxy) is 4. The summed E-state index contributed by atoms with van der Waals surface area (Å²) < 4.78 is 24.3. The number of hydrogen-bond donors (Lipinski definition) is 0. The van der Waals surface area contributed by atoms with Crippen LogP contribution in [-0.2, 0) is 18.9 Å². The number of likely N-dealkylation sites (tertiary alicyclic amines) is 2. The maximum Gasteiger partial charge on any atom is 0.410 e. The van der Waals surface area contributed by atoms with Gasteiger partial charge in [-0.3, -0.25) is 0 Å². The topological polar surface area (TPSA) is 67.1 Å². The van der Waals surface area contributed by atoms with Crippen LogP contribution in [-0.4, -0.2) is 91.8 Å². The maximum absolute atomic E-state index is 12.9. The minimum atomic E-state index is -0.300. The molecule has 0 aromatic rings. The average molecular weight is 463 g/mol. The van der Waals surface area contributed by atoms with Gasteiger partial charge in [0.05, 0.1) is 18.6 Å². The molecule has 7 heteroatoms. The summed E-state index contributed by atoms with van der Waals surface area (Å²) in [6.45, 7) is 12.4. The maximum atomic E-state index is 12.9. The van der Waals surface area contributed by atoms with Crippen LogP contribution in [0.25, 0.3) is 0 Å². The zero-order valence-electron chi connectivity index (χ0n) is 20.9. The van der Waals surface area contributed by atoms with Gasteiger partial charge in [0.15, 0.2) is 0 Å². The molecule has 1 spiro atoms. The van der Waals surface area contributed by atoms with Gasteiger partial charge in [-0.25, -0.2) is 4.79 Å². The average Bonchev–Trinajstić information content (AvgIpc) is 3.59. The quantitative estimate of drug-likeness (QED) is 0.405. The van der Waals surface area contributed by atoms with Crippen molar-refractivity contribution in [3.8, 4) is 0 Å². The molecule has 4 aliphatic heterocycles. The molecule has 0 radical (unpaired) electrons. The number of methoxy groups -OCH3 is 1. The predicted molar refractivity (Wildman–Crippen MR) is 125 cm³/mol. The van der Waals surface area contributed by atoms with Gasteiger partial charge in [-0.05, 0) is 84.8 Å². The molecule has 1 aliphatic carbocycles. The highest BCUT2D eigenvalue weighted by molar-refractivity contribution is 5.69. The van der Waals surface area contributed by atoms with Crippen molar-refractivity contribution in [2.75, 3.05) is 46.4 Å². The van der Waals surface area contributed by atoms with E-state index in [0.717, 1.165) is 45.5 Å². The monoisotopic (exact) mass is 462 g/mol. The molecular formula is C26H42N2O5. The second-order valence-corrected chi connectivity index (χ2v) is 11.4. The van der Waals surface area contributed by atoms with Gasteiger partial charge in [0.25, 0.3) is 0 Å².